The van der Waals surface area contributed by atoms with Crippen molar-refractivity contribution >= 4 is 6.09 Å². The van der Waals surface area contributed by atoms with E-state index in [4.69, 9.17) is 18.9 Å². The second kappa shape index (κ2) is 11.6. The number of allylic oxidation sites excluding steroid dienone is 2. The van der Waals surface area contributed by atoms with Gasteiger partial charge in [0, 0.05) is 30.0 Å². The van der Waals surface area contributed by atoms with Crippen LogP contribution in [0, 0.1) is 16.7 Å². The molecule has 0 aromatic heterocycles. The van der Waals surface area contributed by atoms with Crippen LogP contribution in [0.2, 0.25) is 0 Å². The second-order valence-electron chi connectivity index (χ2n) is 14.5. The minimum atomic E-state index is -0.496. The monoisotopic (exact) mass is 557 g/mol. The molecular weight excluding hydrogens is 506 g/mol. The highest BCUT2D eigenvalue weighted by Gasteiger charge is 2.55. The van der Waals surface area contributed by atoms with Crippen LogP contribution in [-0.4, -0.2) is 60.2 Å². The zero-order valence-corrected chi connectivity index (χ0v) is 26.0. The Morgan fingerprint density at radius 1 is 1.18 bits per heavy atom. The Bertz CT molecular complexity index is 1080. The van der Waals surface area contributed by atoms with Crippen LogP contribution in [-0.2, 0) is 9.47 Å². The minimum absolute atomic E-state index is 0.0115. The lowest BCUT2D eigenvalue weighted by Crippen LogP contribution is -2.56. The Labute approximate surface area is 241 Å². The van der Waals surface area contributed by atoms with E-state index >= 15 is 0 Å². The number of piperidine rings is 1. The summed E-state index contributed by atoms with van der Waals surface area (Å²) in [7, 11) is 0. The summed E-state index contributed by atoms with van der Waals surface area (Å²) in [4.78, 5) is 14.6. The average molecular weight is 558 g/mol. The number of rotatable bonds is 7. The number of aliphatic hydroxyl groups is 1. The maximum atomic E-state index is 12.7. The highest BCUT2D eigenvalue weighted by Crippen LogP contribution is 2.58. The van der Waals surface area contributed by atoms with E-state index in [2.05, 4.69) is 32.9 Å². The Kier molecular flexibility index (Phi) is 8.87. The highest BCUT2D eigenvalue weighted by molar-refractivity contribution is 5.68. The zero-order valence-electron chi connectivity index (χ0n) is 26.0. The van der Waals surface area contributed by atoms with Crippen molar-refractivity contribution in [1.82, 2.24) is 4.90 Å². The molecule has 3 aliphatic rings. The van der Waals surface area contributed by atoms with Gasteiger partial charge in [0.15, 0.2) is 11.5 Å². The molecule has 7 heteroatoms. The molecule has 1 amide bonds. The SMILES string of the molecule is CC(C)=CCC[C@]1(C)Oc2c(OCC(C)(C)CO)cccc2[C@H]2OCC3(CCN(C(=O)OC(C)(C)C)CC3)C[C@@H]21. The third-order valence-corrected chi connectivity index (χ3v) is 8.74. The van der Waals surface area contributed by atoms with Gasteiger partial charge in [-0.1, -0.05) is 37.6 Å². The van der Waals surface area contributed by atoms with E-state index in [1.165, 1.54) is 5.57 Å². The maximum absolute atomic E-state index is 12.7. The minimum Gasteiger partial charge on any atom is -0.489 e. The Balaban J connectivity index is 1.58. The molecule has 0 saturated carbocycles. The maximum Gasteiger partial charge on any atom is 0.410 e. The first-order valence-corrected chi connectivity index (χ1v) is 14.9. The van der Waals surface area contributed by atoms with E-state index in [0.717, 1.165) is 43.4 Å². The molecule has 0 aliphatic carbocycles. The van der Waals surface area contributed by atoms with Gasteiger partial charge in [-0.25, -0.2) is 4.79 Å². The van der Waals surface area contributed by atoms with Crippen LogP contribution < -0.4 is 9.47 Å². The Morgan fingerprint density at radius 2 is 1.88 bits per heavy atom. The molecule has 3 aliphatic heterocycles. The summed E-state index contributed by atoms with van der Waals surface area (Å²) in [5.74, 6) is 1.66. The Hall–Kier alpha value is -2.25. The third-order valence-electron chi connectivity index (χ3n) is 8.74. The van der Waals surface area contributed by atoms with Crippen LogP contribution in [0.3, 0.4) is 0 Å². The first-order chi connectivity index (χ1) is 18.7. The quantitative estimate of drug-likeness (QED) is 0.361. The number of benzene rings is 1. The van der Waals surface area contributed by atoms with E-state index in [1.54, 1.807) is 0 Å². The number of para-hydroxylation sites is 1. The molecule has 7 nitrogen and oxygen atoms in total. The number of hydrogen-bond donors (Lipinski definition) is 1. The lowest BCUT2D eigenvalue weighted by atomic mass is 9.63. The summed E-state index contributed by atoms with van der Waals surface area (Å²) in [5, 5.41) is 9.74. The third kappa shape index (κ3) is 6.96. The van der Waals surface area contributed by atoms with Crippen molar-refractivity contribution in [3.8, 4) is 11.5 Å². The van der Waals surface area contributed by atoms with Gasteiger partial charge in [-0.2, -0.15) is 0 Å². The standard InChI is InChI=1S/C33H51NO6/c1-23(2)11-10-14-32(8)25-19-33(15-17-34(18-16-33)29(36)40-30(3,4)5)22-38-27(25)24-12-9-13-26(28(24)39-32)37-21-31(6,7)20-35/h9,11-13,25,27,35H,10,14-22H2,1-8H3/t25-,27+,32-/m0/s1. The summed E-state index contributed by atoms with van der Waals surface area (Å²) in [5.41, 5.74) is 1.07. The number of carbonyl (C=O) groups excluding carboxylic acids is 1. The smallest absolute Gasteiger partial charge is 0.410 e. The van der Waals surface area contributed by atoms with Gasteiger partial charge in [0.25, 0.3) is 0 Å². The number of amides is 1. The molecule has 40 heavy (non-hydrogen) atoms. The molecule has 1 N–H and O–H groups in total. The van der Waals surface area contributed by atoms with Crippen LogP contribution in [0.1, 0.15) is 99.2 Å². The molecule has 224 valence electrons. The van der Waals surface area contributed by atoms with Gasteiger partial charge in [-0.05, 0) is 85.1 Å². The number of hydrogen-bond acceptors (Lipinski definition) is 6. The van der Waals surface area contributed by atoms with Gasteiger partial charge in [-0.3, -0.25) is 0 Å². The number of likely N-dealkylation sites (tertiary alicyclic amines) is 1. The van der Waals surface area contributed by atoms with Crippen molar-refractivity contribution in [3.05, 3.63) is 35.4 Å². The van der Waals surface area contributed by atoms with Gasteiger partial charge in [0.2, 0.25) is 0 Å². The number of nitrogens with zero attached hydrogens (tertiary/aromatic N) is 1. The van der Waals surface area contributed by atoms with E-state index in [9.17, 15) is 9.90 Å². The zero-order chi connectivity index (χ0) is 29.3. The van der Waals surface area contributed by atoms with Gasteiger partial charge in [0.05, 0.1) is 25.9 Å². The predicted molar refractivity (Wildman–Crippen MR) is 157 cm³/mol. The largest absolute Gasteiger partial charge is 0.489 e. The van der Waals surface area contributed by atoms with Gasteiger partial charge in [-0.15, -0.1) is 0 Å². The van der Waals surface area contributed by atoms with E-state index in [0.29, 0.717) is 32.1 Å². The molecule has 1 aromatic carbocycles. The highest BCUT2D eigenvalue weighted by atomic mass is 16.6. The summed E-state index contributed by atoms with van der Waals surface area (Å²) < 4.78 is 25.7. The first-order valence-electron chi connectivity index (χ1n) is 14.9. The van der Waals surface area contributed by atoms with Crippen LogP contribution in [0.25, 0.3) is 0 Å². The van der Waals surface area contributed by atoms with Crippen LogP contribution >= 0.6 is 0 Å². The van der Waals surface area contributed by atoms with Crippen molar-refractivity contribution in [2.45, 2.75) is 105 Å². The molecule has 1 spiro atoms. The van der Waals surface area contributed by atoms with Crippen molar-refractivity contribution in [2.75, 3.05) is 32.9 Å². The lowest BCUT2D eigenvalue weighted by Gasteiger charge is -2.55. The van der Waals surface area contributed by atoms with Crippen LogP contribution in [0.4, 0.5) is 4.79 Å². The van der Waals surface area contributed by atoms with Gasteiger partial charge in [0.1, 0.15) is 11.2 Å². The molecule has 2 saturated heterocycles. The normalized spacial score (nSPS) is 25.9. The molecule has 0 bridgehead atoms. The van der Waals surface area contributed by atoms with Gasteiger partial charge >= 0.3 is 6.09 Å². The van der Waals surface area contributed by atoms with E-state index in [1.807, 2.05) is 51.7 Å². The molecule has 1 aromatic rings. The van der Waals surface area contributed by atoms with E-state index < -0.39 is 11.2 Å². The van der Waals surface area contributed by atoms with Gasteiger partial charge < -0.3 is 29.0 Å². The molecular formula is C33H51NO6. The predicted octanol–water partition coefficient (Wildman–Crippen LogP) is 7.08. The van der Waals surface area contributed by atoms with Crippen molar-refractivity contribution < 1.29 is 28.8 Å². The average Bonchev–Trinajstić information content (AvgIpc) is 2.87. The molecule has 2 fully saturated rings. The molecule has 3 heterocycles. The molecule has 3 atom stereocenters. The summed E-state index contributed by atoms with van der Waals surface area (Å²) in [6, 6.07) is 6.08. The molecule has 0 unspecified atom stereocenters. The fourth-order valence-corrected chi connectivity index (χ4v) is 6.19. The lowest BCUT2D eigenvalue weighted by molar-refractivity contribution is -0.180. The number of aliphatic hydroxyl groups excluding tert-OH is 1. The van der Waals surface area contributed by atoms with Crippen LogP contribution in [0.15, 0.2) is 29.8 Å². The van der Waals surface area contributed by atoms with Crippen LogP contribution in [0.5, 0.6) is 11.5 Å². The summed E-state index contributed by atoms with van der Waals surface area (Å²) in [6.07, 6.45) is 6.56. The number of carbonyl (C=O) groups is 1. The van der Waals surface area contributed by atoms with Crippen molar-refractivity contribution in [2.24, 2.45) is 16.7 Å². The second-order valence-corrected chi connectivity index (χ2v) is 14.5. The first kappa shape index (κ1) is 30.7. The summed E-state index contributed by atoms with van der Waals surface area (Å²) in [6.45, 7) is 18.7. The number of fused-ring (bicyclic) bond motifs is 3. The topological polar surface area (TPSA) is 77.5 Å². The fraction of sp³-hybridized carbons (Fsp3) is 0.727. The van der Waals surface area contributed by atoms with E-state index in [-0.39, 0.29) is 35.6 Å². The summed E-state index contributed by atoms with van der Waals surface area (Å²) >= 11 is 0. The van der Waals surface area contributed by atoms with Crippen molar-refractivity contribution in [1.29, 1.82) is 0 Å². The Morgan fingerprint density at radius 3 is 2.50 bits per heavy atom. The van der Waals surface area contributed by atoms with Crippen molar-refractivity contribution in [3.63, 3.8) is 0 Å². The molecule has 4 rings (SSSR count). The number of ether oxygens (including phenoxy) is 4. The molecule has 0 radical (unpaired) electrons. The fourth-order valence-electron chi connectivity index (χ4n) is 6.19.